The van der Waals surface area contributed by atoms with Gasteiger partial charge in [0.15, 0.2) is 0 Å². The van der Waals surface area contributed by atoms with Crippen molar-refractivity contribution in [1.82, 2.24) is 0 Å². The fraction of sp³-hybridized carbons (Fsp3) is 0.600. The highest BCUT2D eigenvalue weighted by molar-refractivity contribution is 7.98. The van der Waals surface area contributed by atoms with E-state index in [0.29, 0.717) is 0 Å². The van der Waals surface area contributed by atoms with Crippen molar-refractivity contribution >= 4 is 11.8 Å². The average Bonchev–Trinajstić information content (AvgIpc) is 2.23. The molecule has 0 saturated carbocycles. The third kappa shape index (κ3) is 5.60. The minimum atomic E-state index is 0.287. The molecule has 0 aliphatic carbocycles. The van der Waals surface area contributed by atoms with Gasteiger partial charge in [-0.1, -0.05) is 43.2 Å². The summed E-state index contributed by atoms with van der Waals surface area (Å²) in [6.07, 6.45) is 1.19. The van der Waals surface area contributed by atoms with Gasteiger partial charge in [-0.15, -0.1) is 0 Å². The van der Waals surface area contributed by atoms with Gasteiger partial charge >= 0.3 is 0 Å². The lowest BCUT2D eigenvalue weighted by Gasteiger charge is -2.21. The Morgan fingerprint density at radius 1 is 1.12 bits per heavy atom. The van der Waals surface area contributed by atoms with Crippen LogP contribution in [0.25, 0.3) is 0 Å². The Morgan fingerprint density at radius 2 is 1.71 bits per heavy atom. The minimum Gasteiger partial charge on any atom is -0.330 e. The summed E-state index contributed by atoms with van der Waals surface area (Å²) in [6, 6.07) is 6.80. The molecule has 0 radical (unpaired) electrons. The summed E-state index contributed by atoms with van der Waals surface area (Å²) < 4.78 is 0. The molecule has 0 heterocycles. The van der Waals surface area contributed by atoms with Gasteiger partial charge in [0.05, 0.1) is 0 Å². The predicted molar refractivity (Wildman–Crippen MR) is 79.5 cm³/mol. The largest absolute Gasteiger partial charge is 0.330 e. The summed E-state index contributed by atoms with van der Waals surface area (Å²) in [5, 5.41) is 0. The number of aryl methyl sites for hydroxylation is 2. The normalized spacial score (nSPS) is 11.8. The molecular formula is C15H25NS. The van der Waals surface area contributed by atoms with Crippen molar-refractivity contribution in [2.45, 2.75) is 39.9 Å². The van der Waals surface area contributed by atoms with Crippen LogP contribution in [0.5, 0.6) is 0 Å². The standard InChI is InChI=1S/C15H25NS/c1-12-7-13(2)9-14(8-12)10-17-6-5-15(3,4)11-16/h7-9H,5-6,10-11,16H2,1-4H3. The Balaban J connectivity index is 2.36. The summed E-state index contributed by atoms with van der Waals surface area (Å²) in [7, 11) is 0. The fourth-order valence-electron chi connectivity index (χ4n) is 1.79. The minimum absolute atomic E-state index is 0.287. The highest BCUT2D eigenvalue weighted by atomic mass is 32.2. The van der Waals surface area contributed by atoms with Crippen molar-refractivity contribution < 1.29 is 0 Å². The third-order valence-electron chi connectivity index (χ3n) is 3.03. The van der Waals surface area contributed by atoms with Gasteiger partial charge in [0.25, 0.3) is 0 Å². The molecule has 17 heavy (non-hydrogen) atoms. The van der Waals surface area contributed by atoms with E-state index in [4.69, 9.17) is 5.73 Å². The van der Waals surface area contributed by atoms with Crippen molar-refractivity contribution in [1.29, 1.82) is 0 Å². The summed E-state index contributed by atoms with van der Waals surface area (Å²) >= 11 is 2.01. The Hall–Kier alpha value is -0.470. The maximum Gasteiger partial charge on any atom is 0.0184 e. The van der Waals surface area contributed by atoms with Crippen molar-refractivity contribution in [2.75, 3.05) is 12.3 Å². The Labute approximate surface area is 110 Å². The van der Waals surface area contributed by atoms with Crippen LogP contribution < -0.4 is 5.73 Å². The van der Waals surface area contributed by atoms with Crippen LogP contribution in [-0.4, -0.2) is 12.3 Å². The number of rotatable bonds is 6. The lowest BCUT2D eigenvalue weighted by molar-refractivity contribution is 0.368. The zero-order valence-electron chi connectivity index (χ0n) is 11.5. The van der Waals surface area contributed by atoms with Crippen molar-refractivity contribution in [2.24, 2.45) is 11.1 Å². The second kappa shape index (κ2) is 6.46. The molecule has 0 aromatic heterocycles. The lowest BCUT2D eigenvalue weighted by Crippen LogP contribution is -2.24. The van der Waals surface area contributed by atoms with Crippen LogP contribution in [0.3, 0.4) is 0 Å². The van der Waals surface area contributed by atoms with Crippen LogP contribution in [0, 0.1) is 19.3 Å². The topological polar surface area (TPSA) is 26.0 Å². The number of hydrogen-bond donors (Lipinski definition) is 1. The SMILES string of the molecule is Cc1cc(C)cc(CSCCC(C)(C)CN)c1. The Morgan fingerprint density at radius 3 is 2.24 bits per heavy atom. The van der Waals surface area contributed by atoms with Crippen molar-refractivity contribution in [3.63, 3.8) is 0 Å². The van der Waals surface area contributed by atoms with E-state index in [0.717, 1.165) is 12.3 Å². The molecule has 2 heteroatoms. The van der Waals surface area contributed by atoms with Crippen LogP contribution in [0.2, 0.25) is 0 Å². The van der Waals surface area contributed by atoms with E-state index in [2.05, 4.69) is 45.9 Å². The van der Waals surface area contributed by atoms with Crippen LogP contribution >= 0.6 is 11.8 Å². The number of benzene rings is 1. The molecule has 2 N–H and O–H groups in total. The molecule has 0 saturated heterocycles. The van der Waals surface area contributed by atoms with Gasteiger partial charge < -0.3 is 5.73 Å². The van der Waals surface area contributed by atoms with E-state index in [9.17, 15) is 0 Å². The van der Waals surface area contributed by atoms with Gasteiger partial charge in [0.1, 0.15) is 0 Å². The maximum atomic E-state index is 5.73. The quantitative estimate of drug-likeness (QED) is 0.776. The van der Waals surface area contributed by atoms with Crippen LogP contribution in [0.15, 0.2) is 18.2 Å². The molecule has 0 aliphatic heterocycles. The number of hydrogen-bond acceptors (Lipinski definition) is 2. The highest BCUT2D eigenvalue weighted by Gasteiger charge is 2.14. The van der Waals surface area contributed by atoms with Crippen LogP contribution in [0.1, 0.15) is 37.0 Å². The van der Waals surface area contributed by atoms with Gasteiger partial charge in [-0.05, 0) is 43.5 Å². The van der Waals surface area contributed by atoms with E-state index in [1.54, 1.807) is 0 Å². The summed E-state index contributed by atoms with van der Waals surface area (Å²) in [4.78, 5) is 0. The van der Waals surface area contributed by atoms with Gasteiger partial charge in [-0.3, -0.25) is 0 Å². The summed E-state index contributed by atoms with van der Waals surface area (Å²) in [6.45, 7) is 9.59. The second-order valence-electron chi connectivity index (χ2n) is 5.67. The molecule has 0 spiro atoms. The van der Waals surface area contributed by atoms with Crippen molar-refractivity contribution in [3.05, 3.63) is 34.9 Å². The van der Waals surface area contributed by atoms with Crippen molar-refractivity contribution in [3.8, 4) is 0 Å². The molecule has 96 valence electrons. The van der Waals surface area contributed by atoms with E-state index in [-0.39, 0.29) is 5.41 Å². The zero-order chi connectivity index (χ0) is 12.9. The van der Waals surface area contributed by atoms with Gasteiger partial charge in [0, 0.05) is 5.75 Å². The first-order valence-electron chi connectivity index (χ1n) is 6.28. The first kappa shape index (κ1) is 14.6. The van der Waals surface area contributed by atoms with Gasteiger partial charge in [0.2, 0.25) is 0 Å². The third-order valence-corrected chi connectivity index (χ3v) is 4.06. The van der Waals surface area contributed by atoms with E-state index < -0.39 is 0 Å². The van der Waals surface area contributed by atoms with E-state index >= 15 is 0 Å². The Kier molecular flexibility index (Phi) is 5.54. The molecule has 1 rings (SSSR count). The van der Waals surface area contributed by atoms with Crippen LogP contribution in [-0.2, 0) is 5.75 Å². The fourth-order valence-corrected chi connectivity index (χ4v) is 3.04. The molecule has 0 unspecified atom stereocenters. The predicted octanol–water partition coefficient (Wildman–Crippen LogP) is 3.91. The number of nitrogens with two attached hydrogens (primary N) is 1. The second-order valence-corrected chi connectivity index (χ2v) is 6.77. The summed E-state index contributed by atoms with van der Waals surface area (Å²) in [5.74, 6) is 2.31. The van der Waals surface area contributed by atoms with E-state index in [1.165, 1.54) is 28.9 Å². The molecule has 0 atom stereocenters. The molecular weight excluding hydrogens is 226 g/mol. The molecule has 0 amide bonds. The molecule has 1 nitrogen and oxygen atoms in total. The number of thioether (sulfide) groups is 1. The highest BCUT2D eigenvalue weighted by Crippen LogP contribution is 2.23. The molecule has 0 bridgehead atoms. The Bertz CT molecular complexity index is 338. The molecule has 1 aromatic rings. The first-order valence-corrected chi connectivity index (χ1v) is 7.43. The van der Waals surface area contributed by atoms with E-state index in [1.807, 2.05) is 11.8 Å². The average molecular weight is 251 g/mol. The lowest BCUT2D eigenvalue weighted by atomic mass is 9.91. The molecule has 0 aliphatic rings. The summed E-state index contributed by atoms with van der Waals surface area (Å²) in [5.41, 5.74) is 10.2. The van der Waals surface area contributed by atoms with Gasteiger partial charge in [-0.25, -0.2) is 0 Å². The van der Waals surface area contributed by atoms with Gasteiger partial charge in [-0.2, -0.15) is 11.8 Å². The molecule has 1 aromatic carbocycles. The zero-order valence-corrected chi connectivity index (χ0v) is 12.4. The smallest absolute Gasteiger partial charge is 0.0184 e. The molecule has 0 fully saturated rings. The van der Waals surface area contributed by atoms with Crippen LogP contribution in [0.4, 0.5) is 0 Å². The first-order chi connectivity index (χ1) is 7.93. The monoisotopic (exact) mass is 251 g/mol. The maximum absolute atomic E-state index is 5.73.